The van der Waals surface area contributed by atoms with Crippen LogP contribution in [-0.4, -0.2) is 33.2 Å². The number of thiophene rings is 1. The first kappa shape index (κ1) is 19.2. The maximum atomic E-state index is 12.9. The Balaban J connectivity index is 1.51. The molecule has 0 spiro atoms. The summed E-state index contributed by atoms with van der Waals surface area (Å²) in [6.07, 6.45) is 4.34. The van der Waals surface area contributed by atoms with Gasteiger partial charge >= 0.3 is 0 Å². The van der Waals surface area contributed by atoms with E-state index in [4.69, 9.17) is 4.98 Å². The number of hydrogen-bond acceptors (Lipinski definition) is 5. The van der Waals surface area contributed by atoms with E-state index in [1.807, 2.05) is 30.3 Å². The van der Waals surface area contributed by atoms with E-state index in [0.717, 1.165) is 35.0 Å². The first-order chi connectivity index (χ1) is 13.5. The number of aryl methyl sites for hydroxylation is 2. The number of carbonyl (C=O) groups is 1. The maximum Gasteiger partial charge on any atom is 0.262 e. The summed E-state index contributed by atoms with van der Waals surface area (Å²) in [6.45, 7) is 0.573. The Labute approximate surface area is 172 Å². The lowest BCUT2D eigenvalue weighted by molar-refractivity contribution is -0.127. The second kappa shape index (κ2) is 8.09. The molecule has 0 unspecified atom stereocenters. The van der Waals surface area contributed by atoms with Gasteiger partial charge < -0.3 is 4.90 Å². The third-order valence-corrected chi connectivity index (χ3v) is 7.37. The quantitative estimate of drug-likeness (QED) is 0.474. The average Bonchev–Trinajstić information content (AvgIpc) is 3.08. The molecule has 0 saturated heterocycles. The standard InChI is InChI=1S/C21H23N3O2S2/c1-23(12-14-8-4-3-5-9-14)17(25)13-27-21-22-19-18(20(26)24(21)2)15-10-6-7-11-16(15)28-19/h3-5,8-9H,6-7,10-13H2,1-2H3. The Hall–Kier alpha value is -2.12. The number of benzene rings is 1. The van der Waals surface area contributed by atoms with Crippen LogP contribution in [0.4, 0.5) is 0 Å². The van der Waals surface area contributed by atoms with Gasteiger partial charge in [-0.05, 0) is 36.8 Å². The summed E-state index contributed by atoms with van der Waals surface area (Å²) in [4.78, 5) is 34.0. The Morgan fingerprint density at radius 1 is 1.25 bits per heavy atom. The SMILES string of the molecule is CN(Cc1ccccc1)C(=O)CSc1nc2sc3c(c2c(=O)n1C)CCCC3. The van der Waals surface area contributed by atoms with Crippen molar-refractivity contribution in [1.29, 1.82) is 0 Å². The first-order valence-electron chi connectivity index (χ1n) is 9.46. The van der Waals surface area contributed by atoms with E-state index < -0.39 is 0 Å². The highest BCUT2D eigenvalue weighted by Crippen LogP contribution is 2.34. The van der Waals surface area contributed by atoms with Crippen molar-refractivity contribution in [3.05, 3.63) is 56.7 Å². The van der Waals surface area contributed by atoms with E-state index in [1.165, 1.54) is 28.6 Å². The summed E-state index contributed by atoms with van der Waals surface area (Å²) in [5.41, 5.74) is 2.31. The molecule has 28 heavy (non-hydrogen) atoms. The molecule has 146 valence electrons. The predicted octanol–water partition coefficient (Wildman–Crippen LogP) is 3.62. The molecule has 0 N–H and O–H groups in total. The number of thioether (sulfide) groups is 1. The number of fused-ring (bicyclic) bond motifs is 3. The van der Waals surface area contributed by atoms with E-state index in [-0.39, 0.29) is 17.2 Å². The van der Waals surface area contributed by atoms with Crippen LogP contribution in [0.1, 0.15) is 28.8 Å². The normalized spacial score (nSPS) is 13.5. The Morgan fingerprint density at radius 2 is 2.00 bits per heavy atom. The first-order valence-corrected chi connectivity index (χ1v) is 11.3. The van der Waals surface area contributed by atoms with Gasteiger partial charge in [0.05, 0.1) is 11.1 Å². The fraction of sp³-hybridized carbons (Fsp3) is 0.381. The summed E-state index contributed by atoms with van der Waals surface area (Å²) in [5, 5.41) is 1.40. The number of carbonyl (C=O) groups excluding carboxylic acids is 1. The monoisotopic (exact) mass is 413 g/mol. The van der Waals surface area contributed by atoms with Crippen LogP contribution in [0.15, 0.2) is 40.3 Å². The molecule has 0 bridgehead atoms. The predicted molar refractivity (Wildman–Crippen MR) is 115 cm³/mol. The minimum Gasteiger partial charge on any atom is -0.341 e. The molecule has 0 saturated carbocycles. The molecule has 3 aromatic rings. The molecule has 2 aromatic heterocycles. The second-order valence-corrected chi connectivity index (χ2v) is 9.20. The number of rotatable bonds is 5. The van der Waals surface area contributed by atoms with Crippen LogP contribution in [0.2, 0.25) is 0 Å². The molecule has 1 aliphatic rings. The van der Waals surface area contributed by atoms with Gasteiger partial charge in [-0.15, -0.1) is 11.3 Å². The van der Waals surface area contributed by atoms with Gasteiger partial charge in [0.2, 0.25) is 5.91 Å². The minimum absolute atomic E-state index is 0.0111. The topological polar surface area (TPSA) is 55.2 Å². The molecule has 0 atom stereocenters. The fourth-order valence-electron chi connectivity index (χ4n) is 3.58. The highest BCUT2D eigenvalue weighted by molar-refractivity contribution is 7.99. The smallest absolute Gasteiger partial charge is 0.262 e. The van der Waals surface area contributed by atoms with Gasteiger partial charge in [-0.1, -0.05) is 42.1 Å². The Bertz CT molecular complexity index is 1070. The van der Waals surface area contributed by atoms with Crippen molar-refractivity contribution in [1.82, 2.24) is 14.5 Å². The second-order valence-electron chi connectivity index (χ2n) is 7.17. The van der Waals surface area contributed by atoms with Gasteiger partial charge in [0.1, 0.15) is 4.83 Å². The molecule has 0 radical (unpaired) electrons. The zero-order valence-corrected chi connectivity index (χ0v) is 17.7. The largest absolute Gasteiger partial charge is 0.341 e. The van der Waals surface area contributed by atoms with Crippen molar-refractivity contribution in [3.63, 3.8) is 0 Å². The van der Waals surface area contributed by atoms with E-state index in [2.05, 4.69) is 0 Å². The summed E-state index contributed by atoms with van der Waals surface area (Å²) >= 11 is 2.98. The summed E-state index contributed by atoms with van der Waals surface area (Å²) in [7, 11) is 3.56. The highest BCUT2D eigenvalue weighted by atomic mass is 32.2. The zero-order chi connectivity index (χ0) is 19.7. The van der Waals surface area contributed by atoms with Crippen LogP contribution in [0, 0.1) is 0 Å². The number of amides is 1. The van der Waals surface area contributed by atoms with Gasteiger partial charge in [-0.2, -0.15) is 0 Å². The molecular weight excluding hydrogens is 390 g/mol. The molecular formula is C21H23N3O2S2. The van der Waals surface area contributed by atoms with E-state index in [0.29, 0.717) is 11.7 Å². The molecule has 0 aliphatic heterocycles. The molecule has 1 aromatic carbocycles. The van der Waals surface area contributed by atoms with Gasteiger partial charge in [-0.3, -0.25) is 14.2 Å². The average molecular weight is 414 g/mol. The lowest BCUT2D eigenvalue weighted by atomic mass is 9.97. The number of hydrogen-bond donors (Lipinski definition) is 0. The van der Waals surface area contributed by atoms with Crippen molar-refractivity contribution in [3.8, 4) is 0 Å². The fourth-order valence-corrected chi connectivity index (χ4v) is 5.79. The molecule has 7 heteroatoms. The van der Waals surface area contributed by atoms with Gasteiger partial charge in [0.25, 0.3) is 5.56 Å². The number of nitrogens with zero attached hydrogens (tertiary/aromatic N) is 3. The molecule has 5 nitrogen and oxygen atoms in total. The zero-order valence-electron chi connectivity index (χ0n) is 16.1. The Kier molecular flexibility index (Phi) is 5.55. The third kappa shape index (κ3) is 3.73. The minimum atomic E-state index is 0.0111. The van der Waals surface area contributed by atoms with Crippen LogP contribution < -0.4 is 5.56 Å². The van der Waals surface area contributed by atoms with Crippen LogP contribution >= 0.6 is 23.1 Å². The lowest BCUT2D eigenvalue weighted by Gasteiger charge is -2.17. The van der Waals surface area contributed by atoms with Crippen LogP contribution in [-0.2, 0) is 31.2 Å². The summed E-state index contributed by atoms with van der Waals surface area (Å²) in [6, 6.07) is 9.92. The van der Waals surface area contributed by atoms with Gasteiger partial charge in [0.15, 0.2) is 5.16 Å². The molecule has 1 amide bonds. The molecule has 2 heterocycles. The summed E-state index contributed by atoms with van der Waals surface area (Å²) < 4.78 is 1.60. The highest BCUT2D eigenvalue weighted by Gasteiger charge is 2.21. The Morgan fingerprint density at radius 3 is 2.79 bits per heavy atom. The lowest BCUT2D eigenvalue weighted by Crippen LogP contribution is -2.28. The van der Waals surface area contributed by atoms with Gasteiger partial charge in [-0.25, -0.2) is 4.98 Å². The molecule has 1 aliphatic carbocycles. The van der Waals surface area contributed by atoms with E-state index in [9.17, 15) is 9.59 Å². The van der Waals surface area contributed by atoms with Crippen molar-refractivity contribution in [2.24, 2.45) is 7.05 Å². The third-order valence-electron chi connectivity index (χ3n) is 5.17. The van der Waals surface area contributed by atoms with Crippen molar-refractivity contribution in [2.45, 2.75) is 37.4 Å². The van der Waals surface area contributed by atoms with E-state index >= 15 is 0 Å². The van der Waals surface area contributed by atoms with Crippen molar-refractivity contribution < 1.29 is 4.79 Å². The number of aromatic nitrogens is 2. The molecule has 4 rings (SSSR count). The van der Waals surface area contributed by atoms with E-state index in [1.54, 1.807) is 34.9 Å². The van der Waals surface area contributed by atoms with Gasteiger partial charge in [0, 0.05) is 25.5 Å². The van der Waals surface area contributed by atoms with Crippen LogP contribution in [0.25, 0.3) is 10.2 Å². The van der Waals surface area contributed by atoms with Crippen molar-refractivity contribution in [2.75, 3.05) is 12.8 Å². The maximum absolute atomic E-state index is 12.9. The van der Waals surface area contributed by atoms with Crippen LogP contribution in [0.5, 0.6) is 0 Å². The molecule has 0 fully saturated rings. The van der Waals surface area contributed by atoms with Crippen molar-refractivity contribution >= 4 is 39.2 Å². The summed E-state index contributed by atoms with van der Waals surface area (Å²) in [5.74, 6) is 0.286. The van der Waals surface area contributed by atoms with Crippen LogP contribution in [0.3, 0.4) is 0 Å².